The number of hydrogen-bond acceptors (Lipinski definition) is 4. The van der Waals surface area contributed by atoms with Crippen LogP contribution in [-0.2, 0) is 14.8 Å². The monoisotopic (exact) mass is 376 g/mol. The molecule has 7 heteroatoms. The van der Waals surface area contributed by atoms with Gasteiger partial charge in [-0.25, -0.2) is 8.42 Å². The number of hydrogen-bond donors (Lipinski definition) is 2. The summed E-state index contributed by atoms with van der Waals surface area (Å²) in [5, 5.41) is 2.49. The van der Waals surface area contributed by atoms with Gasteiger partial charge in [0.15, 0.2) is 6.10 Å². The van der Waals surface area contributed by atoms with E-state index in [9.17, 15) is 13.2 Å². The normalized spacial score (nSPS) is 12.3. The summed E-state index contributed by atoms with van der Waals surface area (Å²) in [5.41, 5.74) is 3.40. The molecule has 0 radical (unpaired) electrons. The third-order valence-electron chi connectivity index (χ3n) is 3.98. The fourth-order valence-electron chi connectivity index (χ4n) is 2.69. The highest BCUT2D eigenvalue weighted by molar-refractivity contribution is 7.92. The predicted octanol–water partition coefficient (Wildman–Crippen LogP) is 2.93. The Hall–Kier alpha value is -2.54. The van der Waals surface area contributed by atoms with Crippen molar-refractivity contribution in [3.8, 4) is 5.75 Å². The van der Waals surface area contributed by atoms with Gasteiger partial charge in [-0.15, -0.1) is 0 Å². The lowest BCUT2D eigenvalue weighted by molar-refractivity contribution is -0.126. The molecule has 0 heterocycles. The summed E-state index contributed by atoms with van der Waals surface area (Å²) in [6.45, 7) is 7.33. The van der Waals surface area contributed by atoms with Crippen LogP contribution in [0.4, 0.5) is 5.69 Å². The van der Waals surface area contributed by atoms with Gasteiger partial charge in [-0.1, -0.05) is 17.7 Å². The van der Waals surface area contributed by atoms with E-state index in [-0.39, 0.29) is 10.8 Å². The van der Waals surface area contributed by atoms with E-state index >= 15 is 0 Å². The molecular weight excluding hydrogens is 352 g/mol. The van der Waals surface area contributed by atoms with Gasteiger partial charge in [0.25, 0.3) is 15.9 Å². The molecule has 0 saturated heterocycles. The molecule has 0 saturated carbocycles. The van der Waals surface area contributed by atoms with E-state index in [1.165, 1.54) is 31.3 Å². The molecule has 0 aliphatic heterocycles. The fraction of sp³-hybridized carbons (Fsp3) is 0.316. The molecular formula is C19H24N2O4S. The van der Waals surface area contributed by atoms with Gasteiger partial charge in [-0.2, -0.15) is 0 Å². The molecule has 0 bridgehead atoms. The van der Waals surface area contributed by atoms with Crippen LogP contribution >= 0.6 is 0 Å². The van der Waals surface area contributed by atoms with Gasteiger partial charge in [0, 0.05) is 7.05 Å². The number of nitrogens with one attached hydrogen (secondary N) is 2. The van der Waals surface area contributed by atoms with E-state index in [1.54, 1.807) is 6.92 Å². The maximum atomic E-state index is 12.7. The molecule has 0 fully saturated rings. The minimum atomic E-state index is -3.72. The second kappa shape index (κ2) is 7.78. The molecule has 1 amide bonds. The Kier molecular flexibility index (Phi) is 5.92. The average Bonchev–Trinajstić information content (AvgIpc) is 2.57. The maximum Gasteiger partial charge on any atom is 0.261 e. The van der Waals surface area contributed by atoms with Crippen LogP contribution in [0.3, 0.4) is 0 Å². The lowest BCUT2D eigenvalue weighted by Gasteiger charge is -2.15. The van der Waals surface area contributed by atoms with Gasteiger partial charge in [-0.05, 0) is 63.1 Å². The van der Waals surface area contributed by atoms with Gasteiger partial charge in [0.1, 0.15) is 5.75 Å². The molecule has 1 atom stereocenters. The van der Waals surface area contributed by atoms with Gasteiger partial charge in [-0.3, -0.25) is 9.52 Å². The van der Waals surface area contributed by atoms with E-state index in [0.29, 0.717) is 11.4 Å². The number of anilines is 1. The molecule has 2 aromatic rings. The van der Waals surface area contributed by atoms with Crippen LogP contribution < -0.4 is 14.8 Å². The van der Waals surface area contributed by atoms with Crippen LogP contribution in [0.25, 0.3) is 0 Å². The molecule has 0 spiro atoms. The molecule has 140 valence electrons. The largest absolute Gasteiger partial charge is 0.481 e. The Morgan fingerprint density at radius 3 is 2.08 bits per heavy atom. The lowest BCUT2D eigenvalue weighted by Crippen LogP contribution is -2.33. The van der Waals surface area contributed by atoms with Crippen LogP contribution in [0.5, 0.6) is 5.75 Å². The molecule has 0 aliphatic carbocycles. The number of benzene rings is 2. The van der Waals surface area contributed by atoms with E-state index in [0.717, 1.165) is 16.7 Å². The summed E-state index contributed by atoms with van der Waals surface area (Å²) >= 11 is 0. The van der Waals surface area contributed by atoms with Crippen molar-refractivity contribution < 1.29 is 17.9 Å². The number of likely N-dealkylation sites (N-methyl/N-ethyl adjacent to an activating group) is 1. The summed E-state index contributed by atoms with van der Waals surface area (Å²) in [4.78, 5) is 11.6. The van der Waals surface area contributed by atoms with E-state index in [1.807, 2.05) is 32.9 Å². The molecule has 2 rings (SSSR count). The van der Waals surface area contributed by atoms with Crippen molar-refractivity contribution in [2.24, 2.45) is 0 Å². The van der Waals surface area contributed by atoms with Gasteiger partial charge in [0.05, 0.1) is 10.6 Å². The Balaban J connectivity index is 2.21. The molecule has 6 nitrogen and oxygen atoms in total. The third-order valence-corrected chi connectivity index (χ3v) is 5.34. The Morgan fingerprint density at radius 1 is 1.04 bits per heavy atom. The summed E-state index contributed by atoms with van der Waals surface area (Å²) in [6.07, 6.45) is -0.668. The van der Waals surface area contributed by atoms with Crippen LogP contribution in [0.15, 0.2) is 41.3 Å². The molecule has 0 aromatic heterocycles. The van der Waals surface area contributed by atoms with Gasteiger partial charge in [0.2, 0.25) is 0 Å². The van der Waals surface area contributed by atoms with Crippen molar-refractivity contribution in [2.75, 3.05) is 11.8 Å². The van der Waals surface area contributed by atoms with E-state index in [4.69, 9.17) is 4.74 Å². The minimum absolute atomic E-state index is 0.122. The number of aryl methyl sites for hydroxylation is 3. The first kappa shape index (κ1) is 19.8. The minimum Gasteiger partial charge on any atom is -0.481 e. The van der Waals surface area contributed by atoms with Crippen molar-refractivity contribution in [1.82, 2.24) is 5.32 Å². The Morgan fingerprint density at radius 2 is 1.58 bits per heavy atom. The number of carbonyl (C=O) groups is 1. The highest BCUT2D eigenvalue weighted by Crippen LogP contribution is 2.26. The summed E-state index contributed by atoms with van der Waals surface area (Å²) in [7, 11) is -2.20. The highest BCUT2D eigenvalue weighted by atomic mass is 32.2. The van der Waals surface area contributed by atoms with Crippen LogP contribution in [0, 0.1) is 20.8 Å². The summed E-state index contributed by atoms with van der Waals surface area (Å²) in [6, 6.07) is 9.83. The molecule has 2 N–H and O–H groups in total. The van der Waals surface area contributed by atoms with Crippen LogP contribution in [0.2, 0.25) is 0 Å². The van der Waals surface area contributed by atoms with Crippen molar-refractivity contribution >= 4 is 21.6 Å². The van der Waals surface area contributed by atoms with E-state index < -0.39 is 16.1 Å². The van der Waals surface area contributed by atoms with Crippen LogP contribution in [0.1, 0.15) is 23.6 Å². The zero-order chi connectivity index (χ0) is 19.5. The molecule has 0 unspecified atom stereocenters. The smallest absolute Gasteiger partial charge is 0.261 e. The predicted molar refractivity (Wildman–Crippen MR) is 102 cm³/mol. The SMILES string of the molecule is CNC(=O)[C@@H](C)Oc1ccc(S(=O)(=O)Nc2c(C)cc(C)cc2C)cc1. The molecule has 0 aliphatic rings. The molecule has 26 heavy (non-hydrogen) atoms. The molecule has 2 aromatic carbocycles. The van der Waals surface area contributed by atoms with Gasteiger partial charge < -0.3 is 10.1 Å². The first-order valence-electron chi connectivity index (χ1n) is 8.23. The lowest BCUT2D eigenvalue weighted by atomic mass is 10.1. The highest BCUT2D eigenvalue weighted by Gasteiger charge is 2.18. The second-order valence-corrected chi connectivity index (χ2v) is 7.91. The summed E-state index contributed by atoms with van der Waals surface area (Å²) in [5.74, 6) is 0.163. The Labute approximate surface area is 154 Å². The maximum absolute atomic E-state index is 12.7. The first-order valence-corrected chi connectivity index (χ1v) is 9.71. The number of amides is 1. The van der Waals surface area contributed by atoms with Crippen LogP contribution in [-0.4, -0.2) is 27.5 Å². The average molecular weight is 376 g/mol. The number of rotatable bonds is 6. The third kappa shape index (κ3) is 4.54. The van der Waals surface area contributed by atoms with Gasteiger partial charge >= 0.3 is 0 Å². The van der Waals surface area contributed by atoms with Crippen molar-refractivity contribution in [1.29, 1.82) is 0 Å². The number of carbonyl (C=O) groups excluding carboxylic acids is 1. The van der Waals surface area contributed by atoms with Crippen molar-refractivity contribution in [2.45, 2.75) is 38.7 Å². The number of ether oxygens (including phenoxy) is 1. The standard InChI is InChI=1S/C19H24N2O4S/c1-12-10-13(2)18(14(3)11-12)21-26(23,24)17-8-6-16(7-9-17)25-15(4)19(22)20-5/h6-11,15,21H,1-5H3,(H,20,22)/t15-/m1/s1. The zero-order valence-electron chi connectivity index (χ0n) is 15.6. The second-order valence-electron chi connectivity index (χ2n) is 6.22. The topological polar surface area (TPSA) is 84.5 Å². The fourth-order valence-corrected chi connectivity index (χ4v) is 3.90. The zero-order valence-corrected chi connectivity index (χ0v) is 16.4. The van der Waals surface area contributed by atoms with Crippen molar-refractivity contribution in [3.63, 3.8) is 0 Å². The van der Waals surface area contributed by atoms with Crippen molar-refractivity contribution in [3.05, 3.63) is 53.1 Å². The van der Waals surface area contributed by atoms with E-state index in [2.05, 4.69) is 10.0 Å². The number of sulfonamides is 1. The Bertz CT molecular complexity index is 883. The summed E-state index contributed by atoms with van der Waals surface area (Å²) < 4.78 is 33.5. The quantitative estimate of drug-likeness (QED) is 0.812. The first-order chi connectivity index (χ1) is 12.1.